The number of ether oxygens (including phenoxy) is 1. The van der Waals surface area contributed by atoms with Crippen molar-refractivity contribution in [3.05, 3.63) is 29.8 Å². The molecule has 1 aliphatic rings. The molecular weight excluding hydrogens is 316 g/mol. The minimum Gasteiger partial charge on any atom is -0.387 e. The van der Waals surface area contributed by atoms with Gasteiger partial charge in [0.05, 0.1) is 11.5 Å². The van der Waals surface area contributed by atoms with Crippen molar-refractivity contribution in [2.75, 3.05) is 6.61 Å². The standard InChI is InChI=1S/C13H18O8S/c1-7-2-4-8(5-3-7)22(18,19)20-6-9-10(14)11(15)12(16)13(17)21-9/h2-5,9-17H,6H2,1H3/t9?,10-,11-,12?,13?/m0/s1. The minimum absolute atomic E-state index is 0.0652. The predicted octanol–water partition coefficient (Wildman–Crippen LogP) is -1.50. The van der Waals surface area contributed by atoms with Gasteiger partial charge in [0.15, 0.2) is 6.29 Å². The van der Waals surface area contributed by atoms with Gasteiger partial charge in [-0.05, 0) is 19.1 Å². The number of hydrogen-bond donors (Lipinski definition) is 4. The summed E-state index contributed by atoms with van der Waals surface area (Å²) in [5, 5.41) is 37.9. The fourth-order valence-corrected chi connectivity index (χ4v) is 2.92. The lowest BCUT2D eigenvalue weighted by molar-refractivity contribution is -0.285. The maximum Gasteiger partial charge on any atom is 0.297 e. The molecule has 0 saturated carbocycles. The van der Waals surface area contributed by atoms with E-state index in [-0.39, 0.29) is 4.90 Å². The molecule has 3 unspecified atom stereocenters. The van der Waals surface area contributed by atoms with Crippen LogP contribution in [0.4, 0.5) is 0 Å². The largest absolute Gasteiger partial charge is 0.387 e. The van der Waals surface area contributed by atoms with Crippen LogP contribution in [0, 0.1) is 6.92 Å². The lowest BCUT2D eigenvalue weighted by Crippen LogP contribution is -2.58. The van der Waals surface area contributed by atoms with E-state index in [1.807, 2.05) is 0 Å². The quantitative estimate of drug-likeness (QED) is 0.489. The molecule has 0 radical (unpaired) electrons. The number of benzene rings is 1. The molecule has 1 aliphatic heterocycles. The van der Waals surface area contributed by atoms with Crippen LogP contribution in [0.25, 0.3) is 0 Å². The maximum absolute atomic E-state index is 12.0. The molecule has 124 valence electrons. The van der Waals surface area contributed by atoms with Crippen LogP contribution < -0.4 is 0 Å². The second kappa shape index (κ2) is 6.59. The third kappa shape index (κ3) is 3.63. The van der Waals surface area contributed by atoms with Crippen LogP contribution in [0.2, 0.25) is 0 Å². The summed E-state index contributed by atoms with van der Waals surface area (Å²) in [6.07, 6.45) is -7.98. The first kappa shape index (κ1) is 17.3. The van der Waals surface area contributed by atoms with E-state index >= 15 is 0 Å². The highest BCUT2D eigenvalue weighted by molar-refractivity contribution is 7.86. The molecule has 22 heavy (non-hydrogen) atoms. The van der Waals surface area contributed by atoms with Gasteiger partial charge < -0.3 is 25.2 Å². The summed E-state index contributed by atoms with van der Waals surface area (Å²) < 4.78 is 33.6. The number of rotatable bonds is 4. The van der Waals surface area contributed by atoms with Crippen molar-refractivity contribution in [2.24, 2.45) is 0 Å². The van der Waals surface area contributed by atoms with Gasteiger partial charge in [-0.15, -0.1) is 0 Å². The van der Waals surface area contributed by atoms with Crippen molar-refractivity contribution in [1.29, 1.82) is 0 Å². The van der Waals surface area contributed by atoms with E-state index in [9.17, 15) is 28.8 Å². The first-order valence-corrected chi connectivity index (χ1v) is 7.97. The van der Waals surface area contributed by atoms with Gasteiger partial charge in [-0.25, -0.2) is 0 Å². The first-order chi connectivity index (χ1) is 10.2. The molecule has 1 fully saturated rings. The zero-order valence-electron chi connectivity index (χ0n) is 11.7. The van der Waals surface area contributed by atoms with Gasteiger partial charge >= 0.3 is 0 Å². The van der Waals surface area contributed by atoms with Gasteiger partial charge in [0.2, 0.25) is 0 Å². The van der Waals surface area contributed by atoms with Gasteiger partial charge in [0, 0.05) is 0 Å². The molecule has 4 N–H and O–H groups in total. The first-order valence-electron chi connectivity index (χ1n) is 6.56. The molecule has 9 heteroatoms. The van der Waals surface area contributed by atoms with Gasteiger partial charge in [-0.2, -0.15) is 8.42 Å². The molecule has 1 heterocycles. The second-order valence-electron chi connectivity index (χ2n) is 5.09. The molecule has 0 amide bonds. The fourth-order valence-electron chi connectivity index (χ4n) is 2.00. The van der Waals surface area contributed by atoms with Crippen molar-refractivity contribution in [3.8, 4) is 0 Å². The van der Waals surface area contributed by atoms with Crippen LogP contribution in [0.5, 0.6) is 0 Å². The van der Waals surface area contributed by atoms with Crippen LogP contribution in [0.1, 0.15) is 5.56 Å². The smallest absolute Gasteiger partial charge is 0.297 e. The van der Waals surface area contributed by atoms with Crippen molar-refractivity contribution in [2.45, 2.75) is 42.5 Å². The highest BCUT2D eigenvalue weighted by atomic mass is 32.2. The summed E-state index contributed by atoms with van der Waals surface area (Å²) in [7, 11) is -4.07. The summed E-state index contributed by atoms with van der Waals surface area (Å²) in [5.41, 5.74) is 0.880. The molecule has 1 saturated heterocycles. The summed E-state index contributed by atoms with van der Waals surface area (Å²) in [6, 6.07) is 5.95. The van der Waals surface area contributed by atoms with E-state index in [0.29, 0.717) is 0 Å². The molecule has 0 bridgehead atoms. The van der Waals surface area contributed by atoms with E-state index in [4.69, 9.17) is 8.92 Å². The Labute approximate surface area is 127 Å². The fraction of sp³-hybridized carbons (Fsp3) is 0.538. The van der Waals surface area contributed by atoms with Gasteiger partial charge in [-0.1, -0.05) is 17.7 Å². The van der Waals surface area contributed by atoms with E-state index in [2.05, 4.69) is 0 Å². The third-order valence-corrected chi connectivity index (χ3v) is 4.68. The summed E-state index contributed by atoms with van der Waals surface area (Å²) in [6.45, 7) is 1.19. The molecule has 0 spiro atoms. The normalized spacial score (nSPS) is 32.9. The Bertz CT molecular complexity index is 599. The third-order valence-electron chi connectivity index (χ3n) is 3.38. The Morgan fingerprint density at radius 3 is 2.23 bits per heavy atom. The lowest BCUT2D eigenvalue weighted by Gasteiger charge is -2.37. The zero-order valence-corrected chi connectivity index (χ0v) is 12.5. The Morgan fingerprint density at radius 1 is 1.05 bits per heavy atom. The van der Waals surface area contributed by atoms with Gasteiger partial charge in [-0.3, -0.25) is 4.18 Å². The van der Waals surface area contributed by atoms with E-state index in [1.54, 1.807) is 19.1 Å². The summed E-state index contributed by atoms with van der Waals surface area (Å²) >= 11 is 0. The van der Waals surface area contributed by atoms with Crippen LogP contribution in [-0.2, 0) is 19.0 Å². The van der Waals surface area contributed by atoms with Crippen LogP contribution in [0.3, 0.4) is 0 Å². The average molecular weight is 334 g/mol. The Hall–Kier alpha value is -1.07. The van der Waals surface area contributed by atoms with Crippen molar-refractivity contribution < 1.29 is 37.8 Å². The lowest BCUT2D eigenvalue weighted by atomic mass is 10.00. The van der Waals surface area contributed by atoms with Crippen molar-refractivity contribution in [1.82, 2.24) is 0 Å². The molecule has 0 aliphatic carbocycles. The van der Waals surface area contributed by atoms with Crippen molar-refractivity contribution >= 4 is 10.1 Å². The van der Waals surface area contributed by atoms with E-state index in [1.165, 1.54) is 12.1 Å². The molecule has 5 atom stereocenters. The maximum atomic E-state index is 12.0. The Morgan fingerprint density at radius 2 is 1.64 bits per heavy atom. The number of hydrogen-bond acceptors (Lipinski definition) is 8. The van der Waals surface area contributed by atoms with Crippen LogP contribution in [-0.4, -0.2) is 66.2 Å². The Kier molecular flexibility index (Phi) is 5.17. The predicted molar refractivity (Wildman–Crippen MR) is 73.2 cm³/mol. The highest BCUT2D eigenvalue weighted by Gasteiger charge is 2.43. The number of aryl methyl sites for hydroxylation is 1. The van der Waals surface area contributed by atoms with Gasteiger partial charge in [0.1, 0.15) is 24.4 Å². The second-order valence-corrected chi connectivity index (χ2v) is 6.70. The molecule has 2 rings (SSSR count). The molecule has 1 aromatic carbocycles. The SMILES string of the molecule is Cc1ccc(S(=O)(=O)OCC2OC(O)C(O)[C@@H](O)[C@H]2O)cc1. The monoisotopic (exact) mass is 334 g/mol. The minimum atomic E-state index is -4.07. The number of aliphatic hydroxyl groups excluding tert-OH is 4. The summed E-state index contributed by atoms with van der Waals surface area (Å²) in [4.78, 5) is -0.0652. The molecule has 1 aromatic rings. The molecule has 8 nitrogen and oxygen atoms in total. The molecule has 0 aromatic heterocycles. The molecular formula is C13H18O8S. The van der Waals surface area contributed by atoms with E-state index < -0.39 is 47.4 Å². The van der Waals surface area contributed by atoms with Gasteiger partial charge in [0.25, 0.3) is 10.1 Å². The van der Waals surface area contributed by atoms with E-state index in [0.717, 1.165) is 5.56 Å². The van der Waals surface area contributed by atoms with Crippen molar-refractivity contribution in [3.63, 3.8) is 0 Å². The van der Waals surface area contributed by atoms with Crippen LogP contribution in [0.15, 0.2) is 29.2 Å². The average Bonchev–Trinajstić information content (AvgIpc) is 2.48. The zero-order chi connectivity index (χ0) is 16.5. The Balaban J connectivity index is 2.04. The van der Waals surface area contributed by atoms with Crippen LogP contribution >= 0.6 is 0 Å². The number of aliphatic hydroxyl groups is 4. The topological polar surface area (TPSA) is 134 Å². The highest BCUT2D eigenvalue weighted by Crippen LogP contribution is 2.21. The summed E-state index contributed by atoms with van der Waals surface area (Å²) in [5.74, 6) is 0.